The first-order valence-corrected chi connectivity index (χ1v) is 8.05. The fraction of sp³-hybridized carbons (Fsp3) is 0.733. The van der Waals surface area contributed by atoms with E-state index < -0.39 is 0 Å². The standard InChI is InChI=1S/C15H26N2S/c1-12(2)11-13-5-6-15(18-13)14(7-8-16)17-9-3-4-10-17/h5-6,12,14H,3-4,7-11,16H2,1-2H3. The molecule has 3 heteroatoms. The highest BCUT2D eigenvalue weighted by Gasteiger charge is 2.24. The van der Waals surface area contributed by atoms with Crippen molar-refractivity contribution in [3.05, 3.63) is 21.9 Å². The minimum atomic E-state index is 0.573. The topological polar surface area (TPSA) is 29.3 Å². The van der Waals surface area contributed by atoms with Gasteiger partial charge in [0.15, 0.2) is 0 Å². The molecule has 0 radical (unpaired) electrons. The van der Waals surface area contributed by atoms with Crippen LogP contribution in [0.1, 0.15) is 48.9 Å². The normalized spacial score (nSPS) is 18.7. The van der Waals surface area contributed by atoms with Crippen LogP contribution >= 0.6 is 11.3 Å². The van der Waals surface area contributed by atoms with Gasteiger partial charge >= 0.3 is 0 Å². The van der Waals surface area contributed by atoms with E-state index >= 15 is 0 Å². The fourth-order valence-electron chi connectivity index (χ4n) is 2.80. The molecule has 0 spiro atoms. The highest BCUT2D eigenvalue weighted by molar-refractivity contribution is 7.12. The second-order valence-electron chi connectivity index (χ2n) is 5.74. The second-order valence-corrected chi connectivity index (χ2v) is 6.94. The number of hydrogen-bond donors (Lipinski definition) is 1. The molecule has 2 heterocycles. The molecular weight excluding hydrogens is 240 g/mol. The molecule has 2 N–H and O–H groups in total. The van der Waals surface area contributed by atoms with E-state index in [2.05, 4.69) is 30.9 Å². The molecule has 0 aliphatic carbocycles. The van der Waals surface area contributed by atoms with Crippen molar-refractivity contribution in [3.8, 4) is 0 Å². The SMILES string of the molecule is CC(C)Cc1ccc(C(CCN)N2CCCC2)s1. The van der Waals surface area contributed by atoms with Crippen LogP contribution in [0.5, 0.6) is 0 Å². The third-order valence-corrected chi connectivity index (χ3v) is 4.85. The van der Waals surface area contributed by atoms with Gasteiger partial charge in [-0.15, -0.1) is 11.3 Å². The quantitative estimate of drug-likeness (QED) is 0.854. The molecule has 2 rings (SSSR count). The zero-order valence-corrected chi connectivity index (χ0v) is 12.5. The first-order valence-electron chi connectivity index (χ1n) is 7.23. The van der Waals surface area contributed by atoms with Gasteiger partial charge in [0.2, 0.25) is 0 Å². The monoisotopic (exact) mass is 266 g/mol. The molecule has 18 heavy (non-hydrogen) atoms. The minimum absolute atomic E-state index is 0.573. The Bertz CT molecular complexity index is 353. The predicted octanol–water partition coefficient (Wildman–Crippen LogP) is 3.43. The summed E-state index contributed by atoms with van der Waals surface area (Å²) in [5.41, 5.74) is 5.80. The van der Waals surface area contributed by atoms with Gasteiger partial charge < -0.3 is 5.73 Å². The summed E-state index contributed by atoms with van der Waals surface area (Å²) in [7, 11) is 0. The number of nitrogens with two attached hydrogens (primary N) is 1. The molecule has 1 aliphatic rings. The summed E-state index contributed by atoms with van der Waals surface area (Å²) in [5, 5.41) is 0. The lowest BCUT2D eigenvalue weighted by Crippen LogP contribution is -2.26. The van der Waals surface area contributed by atoms with Crippen LogP contribution in [-0.2, 0) is 6.42 Å². The van der Waals surface area contributed by atoms with Gasteiger partial charge in [-0.2, -0.15) is 0 Å². The number of nitrogens with zero attached hydrogens (tertiary/aromatic N) is 1. The van der Waals surface area contributed by atoms with Crippen molar-refractivity contribution in [3.63, 3.8) is 0 Å². The van der Waals surface area contributed by atoms with Crippen LogP contribution in [-0.4, -0.2) is 24.5 Å². The van der Waals surface area contributed by atoms with Gasteiger partial charge in [0.05, 0.1) is 0 Å². The summed E-state index contributed by atoms with van der Waals surface area (Å²) in [6, 6.07) is 5.23. The van der Waals surface area contributed by atoms with Crippen molar-refractivity contribution in [1.29, 1.82) is 0 Å². The van der Waals surface area contributed by atoms with Gasteiger partial charge in [0.1, 0.15) is 0 Å². The molecule has 0 bridgehead atoms. The van der Waals surface area contributed by atoms with Crippen LogP contribution in [0, 0.1) is 5.92 Å². The number of rotatable bonds is 6. The molecule has 1 unspecified atom stereocenters. The van der Waals surface area contributed by atoms with E-state index in [0.29, 0.717) is 6.04 Å². The van der Waals surface area contributed by atoms with E-state index in [-0.39, 0.29) is 0 Å². The molecule has 2 nitrogen and oxygen atoms in total. The minimum Gasteiger partial charge on any atom is -0.330 e. The summed E-state index contributed by atoms with van der Waals surface area (Å²) in [4.78, 5) is 5.68. The van der Waals surface area contributed by atoms with E-state index in [1.54, 1.807) is 0 Å². The zero-order chi connectivity index (χ0) is 13.0. The van der Waals surface area contributed by atoms with Gasteiger partial charge in [-0.05, 0) is 63.4 Å². The fourth-order valence-corrected chi connectivity index (χ4v) is 4.20. The molecule has 1 aliphatic heterocycles. The van der Waals surface area contributed by atoms with E-state index in [1.807, 2.05) is 11.3 Å². The Hall–Kier alpha value is -0.380. The third-order valence-electron chi connectivity index (χ3n) is 3.64. The summed E-state index contributed by atoms with van der Waals surface area (Å²) in [6.07, 6.45) is 5.01. The Morgan fingerprint density at radius 3 is 2.61 bits per heavy atom. The van der Waals surface area contributed by atoms with Crippen molar-refractivity contribution in [2.45, 2.75) is 45.6 Å². The molecule has 0 aromatic carbocycles. The van der Waals surface area contributed by atoms with Crippen molar-refractivity contribution >= 4 is 11.3 Å². The molecule has 0 saturated carbocycles. The van der Waals surface area contributed by atoms with Crippen LogP contribution in [0.4, 0.5) is 0 Å². The summed E-state index contributed by atoms with van der Waals surface area (Å²) in [5.74, 6) is 0.747. The average Bonchev–Trinajstić information content (AvgIpc) is 2.96. The Kier molecular flexibility index (Phi) is 5.22. The maximum atomic E-state index is 5.80. The van der Waals surface area contributed by atoms with Crippen LogP contribution in [0.3, 0.4) is 0 Å². The third kappa shape index (κ3) is 3.56. The van der Waals surface area contributed by atoms with E-state index in [1.165, 1.54) is 42.1 Å². The van der Waals surface area contributed by atoms with Gasteiger partial charge in [-0.25, -0.2) is 0 Å². The maximum absolute atomic E-state index is 5.80. The number of likely N-dealkylation sites (tertiary alicyclic amines) is 1. The van der Waals surface area contributed by atoms with Crippen molar-refractivity contribution < 1.29 is 0 Å². The predicted molar refractivity (Wildman–Crippen MR) is 80.1 cm³/mol. The largest absolute Gasteiger partial charge is 0.330 e. The van der Waals surface area contributed by atoms with E-state index in [9.17, 15) is 0 Å². The lowest BCUT2D eigenvalue weighted by atomic mass is 10.1. The first-order chi connectivity index (χ1) is 8.70. The summed E-state index contributed by atoms with van der Waals surface area (Å²) < 4.78 is 0. The first kappa shape index (κ1) is 14.0. The lowest BCUT2D eigenvalue weighted by molar-refractivity contribution is 0.239. The summed E-state index contributed by atoms with van der Waals surface area (Å²) >= 11 is 2.00. The Morgan fingerprint density at radius 2 is 2.00 bits per heavy atom. The molecule has 1 fully saturated rings. The maximum Gasteiger partial charge on any atom is 0.0453 e. The molecule has 1 saturated heterocycles. The zero-order valence-electron chi connectivity index (χ0n) is 11.7. The molecule has 102 valence electrons. The Morgan fingerprint density at radius 1 is 1.28 bits per heavy atom. The smallest absolute Gasteiger partial charge is 0.0453 e. The van der Waals surface area contributed by atoms with Crippen molar-refractivity contribution in [1.82, 2.24) is 4.90 Å². The number of thiophene rings is 1. The molecule has 1 aromatic heterocycles. The van der Waals surface area contributed by atoms with E-state index in [0.717, 1.165) is 18.9 Å². The summed E-state index contributed by atoms with van der Waals surface area (Å²) in [6.45, 7) is 7.87. The second kappa shape index (κ2) is 6.69. The van der Waals surface area contributed by atoms with Crippen LogP contribution in [0.25, 0.3) is 0 Å². The molecular formula is C15H26N2S. The van der Waals surface area contributed by atoms with Crippen LogP contribution in [0.15, 0.2) is 12.1 Å². The highest BCUT2D eigenvalue weighted by atomic mass is 32.1. The van der Waals surface area contributed by atoms with Crippen molar-refractivity contribution in [2.75, 3.05) is 19.6 Å². The van der Waals surface area contributed by atoms with E-state index in [4.69, 9.17) is 5.73 Å². The van der Waals surface area contributed by atoms with Crippen LogP contribution in [0.2, 0.25) is 0 Å². The molecule has 0 amide bonds. The van der Waals surface area contributed by atoms with Gasteiger partial charge in [-0.3, -0.25) is 4.90 Å². The highest BCUT2D eigenvalue weighted by Crippen LogP contribution is 2.33. The van der Waals surface area contributed by atoms with Gasteiger partial charge in [0, 0.05) is 15.8 Å². The van der Waals surface area contributed by atoms with Gasteiger partial charge in [-0.1, -0.05) is 13.8 Å². The lowest BCUT2D eigenvalue weighted by Gasteiger charge is -2.26. The van der Waals surface area contributed by atoms with Crippen molar-refractivity contribution in [2.24, 2.45) is 11.7 Å². The van der Waals surface area contributed by atoms with Crippen LogP contribution < -0.4 is 5.73 Å². The number of hydrogen-bond acceptors (Lipinski definition) is 3. The Balaban J connectivity index is 2.07. The Labute approximate surface area is 115 Å². The molecule has 1 aromatic rings. The van der Waals surface area contributed by atoms with Gasteiger partial charge in [0.25, 0.3) is 0 Å². The average molecular weight is 266 g/mol. The molecule has 1 atom stereocenters.